The van der Waals surface area contributed by atoms with Crippen molar-refractivity contribution in [2.24, 2.45) is 5.10 Å². The van der Waals surface area contributed by atoms with Gasteiger partial charge in [-0.15, -0.1) is 22.7 Å². The van der Waals surface area contributed by atoms with Crippen LogP contribution in [0.25, 0.3) is 10.4 Å². The number of hydrogen-bond donors (Lipinski definition) is 3. The van der Waals surface area contributed by atoms with Gasteiger partial charge in [-0.1, -0.05) is 29.3 Å². The number of aromatic hydroxyl groups is 1. The first kappa shape index (κ1) is 25.6. The van der Waals surface area contributed by atoms with E-state index in [-0.39, 0.29) is 18.2 Å². The minimum absolute atomic E-state index is 0.0208. The maximum absolute atomic E-state index is 12.6. The topological polar surface area (TPSA) is 118 Å². The summed E-state index contributed by atoms with van der Waals surface area (Å²) in [6, 6.07) is 11.4. The fourth-order valence-corrected chi connectivity index (χ4v) is 5.23. The summed E-state index contributed by atoms with van der Waals surface area (Å²) in [5.74, 6) is -0.802. The van der Waals surface area contributed by atoms with Gasteiger partial charge in [0.2, 0.25) is 0 Å². The summed E-state index contributed by atoms with van der Waals surface area (Å²) in [7, 11) is 0. The van der Waals surface area contributed by atoms with E-state index in [4.69, 9.17) is 23.2 Å². The molecule has 0 spiro atoms. The number of pyridine rings is 1. The molecule has 0 unspecified atom stereocenters. The van der Waals surface area contributed by atoms with Gasteiger partial charge >= 0.3 is 0 Å². The zero-order chi connectivity index (χ0) is 25.8. The van der Waals surface area contributed by atoms with Gasteiger partial charge in [-0.3, -0.25) is 9.59 Å². The van der Waals surface area contributed by atoms with Crippen molar-refractivity contribution in [3.63, 3.8) is 0 Å². The van der Waals surface area contributed by atoms with E-state index in [1.165, 1.54) is 29.8 Å². The van der Waals surface area contributed by atoms with Crippen LogP contribution in [0.1, 0.15) is 37.4 Å². The van der Waals surface area contributed by atoms with Gasteiger partial charge in [0.1, 0.15) is 5.75 Å². The van der Waals surface area contributed by atoms with Crippen LogP contribution in [0.3, 0.4) is 0 Å². The monoisotopic (exact) mass is 560 g/mol. The molecular weight excluding hydrogens is 543 g/mol. The molecule has 3 heterocycles. The molecule has 2 amide bonds. The molecule has 0 aliphatic heterocycles. The van der Waals surface area contributed by atoms with Crippen LogP contribution in [0.2, 0.25) is 10.0 Å². The Hall–Kier alpha value is -3.44. The second-order valence-corrected chi connectivity index (χ2v) is 10.3. The van der Waals surface area contributed by atoms with Crippen LogP contribution in [-0.2, 0) is 6.54 Å². The molecule has 0 bridgehead atoms. The van der Waals surface area contributed by atoms with Gasteiger partial charge < -0.3 is 15.6 Å². The molecule has 184 valence electrons. The Labute approximate surface area is 224 Å². The van der Waals surface area contributed by atoms with Crippen molar-refractivity contribution in [3.05, 3.63) is 96.4 Å². The summed E-state index contributed by atoms with van der Waals surface area (Å²) in [6.07, 6.45) is 2.70. The first-order chi connectivity index (χ1) is 17.2. The van der Waals surface area contributed by atoms with E-state index in [0.717, 1.165) is 16.9 Å². The average Bonchev–Trinajstić information content (AvgIpc) is 3.51. The van der Waals surface area contributed by atoms with Crippen molar-refractivity contribution >= 4 is 63.4 Å². The van der Waals surface area contributed by atoms with E-state index in [0.29, 0.717) is 46.2 Å². The highest BCUT2D eigenvalue weighted by molar-refractivity contribution is 7.16. The SMILES string of the molecule is C/C(=N/NC(=O)c1ccc(C(=O)NCc2cc[n+]([O-])cc2)s1)c1csc(-c2ccc(Cl)c(Cl)c2)c1O. The van der Waals surface area contributed by atoms with E-state index in [2.05, 4.69) is 15.8 Å². The highest BCUT2D eigenvalue weighted by Crippen LogP contribution is 2.40. The fourth-order valence-electron chi connectivity index (χ4n) is 3.11. The Balaban J connectivity index is 1.39. The number of benzene rings is 1. The van der Waals surface area contributed by atoms with Gasteiger partial charge in [0.05, 0.1) is 36.0 Å². The number of nitrogens with one attached hydrogen (secondary N) is 2. The Kier molecular flexibility index (Phi) is 7.90. The summed E-state index contributed by atoms with van der Waals surface area (Å²) in [5, 5.41) is 31.1. The summed E-state index contributed by atoms with van der Waals surface area (Å²) >= 11 is 14.4. The van der Waals surface area contributed by atoms with E-state index in [9.17, 15) is 19.9 Å². The zero-order valence-electron chi connectivity index (χ0n) is 18.6. The van der Waals surface area contributed by atoms with Gasteiger partial charge in [0.15, 0.2) is 12.4 Å². The lowest BCUT2D eigenvalue weighted by atomic mass is 10.1. The number of aromatic nitrogens is 1. The molecule has 0 fully saturated rings. The molecule has 0 saturated heterocycles. The average molecular weight is 561 g/mol. The molecule has 8 nitrogen and oxygen atoms in total. The van der Waals surface area contributed by atoms with Gasteiger partial charge in [0, 0.05) is 24.1 Å². The summed E-state index contributed by atoms with van der Waals surface area (Å²) in [4.78, 5) is 26.2. The largest absolute Gasteiger partial charge is 0.619 e. The Morgan fingerprint density at radius 1 is 1.06 bits per heavy atom. The third kappa shape index (κ3) is 5.85. The molecule has 0 aliphatic carbocycles. The van der Waals surface area contributed by atoms with Gasteiger partial charge in [-0.2, -0.15) is 9.83 Å². The molecule has 4 aromatic rings. The highest BCUT2D eigenvalue weighted by atomic mass is 35.5. The predicted octanol–water partition coefficient (Wildman–Crippen LogP) is 5.21. The quantitative estimate of drug-likeness (QED) is 0.124. The number of carbonyl (C=O) groups excluding carboxylic acids is 2. The number of hydrogen-bond acceptors (Lipinski definition) is 7. The highest BCUT2D eigenvalue weighted by Gasteiger charge is 2.17. The third-order valence-electron chi connectivity index (χ3n) is 5.04. The minimum atomic E-state index is -0.485. The second kappa shape index (κ2) is 11.1. The molecule has 12 heteroatoms. The molecule has 0 aliphatic rings. The van der Waals surface area contributed by atoms with Crippen molar-refractivity contribution in [1.29, 1.82) is 0 Å². The standard InChI is InChI=1S/C24H18Cl2N4O4S2/c1-13(16-12-35-22(21(16)31)15-2-3-17(25)18(26)10-15)28-29-24(33)20-5-4-19(36-20)23(32)27-11-14-6-8-30(34)9-7-14/h2-10,12,31H,11H2,1H3,(H,27,32)(H,29,33)/b28-13-. The van der Waals surface area contributed by atoms with E-state index in [1.807, 2.05) is 0 Å². The van der Waals surface area contributed by atoms with E-state index >= 15 is 0 Å². The van der Waals surface area contributed by atoms with Crippen molar-refractivity contribution in [3.8, 4) is 16.2 Å². The number of amides is 2. The molecule has 4 rings (SSSR count). The number of thiophene rings is 2. The van der Waals surface area contributed by atoms with Crippen molar-refractivity contribution < 1.29 is 19.4 Å². The van der Waals surface area contributed by atoms with Crippen LogP contribution in [0.15, 0.2) is 65.3 Å². The van der Waals surface area contributed by atoms with Crippen LogP contribution in [0.4, 0.5) is 0 Å². The van der Waals surface area contributed by atoms with Gasteiger partial charge in [0.25, 0.3) is 11.8 Å². The smallest absolute Gasteiger partial charge is 0.281 e. The van der Waals surface area contributed by atoms with Crippen LogP contribution in [-0.4, -0.2) is 22.6 Å². The summed E-state index contributed by atoms with van der Waals surface area (Å²) in [6.45, 7) is 1.91. The van der Waals surface area contributed by atoms with Crippen LogP contribution >= 0.6 is 45.9 Å². The lowest BCUT2D eigenvalue weighted by Gasteiger charge is -2.04. The molecule has 3 aromatic heterocycles. The lowest BCUT2D eigenvalue weighted by molar-refractivity contribution is -0.605. The second-order valence-electron chi connectivity index (χ2n) is 7.51. The Morgan fingerprint density at radius 2 is 1.75 bits per heavy atom. The van der Waals surface area contributed by atoms with Crippen molar-refractivity contribution in [2.45, 2.75) is 13.5 Å². The van der Waals surface area contributed by atoms with Crippen molar-refractivity contribution in [1.82, 2.24) is 10.7 Å². The van der Waals surface area contributed by atoms with Crippen LogP contribution in [0, 0.1) is 5.21 Å². The normalized spacial score (nSPS) is 11.4. The number of nitrogens with zero attached hydrogens (tertiary/aromatic N) is 2. The molecule has 0 radical (unpaired) electrons. The zero-order valence-corrected chi connectivity index (χ0v) is 21.8. The Morgan fingerprint density at radius 3 is 2.44 bits per heavy atom. The summed E-state index contributed by atoms with van der Waals surface area (Å²) < 4.78 is 0.661. The molecule has 1 aromatic carbocycles. The fraction of sp³-hybridized carbons (Fsp3) is 0.0833. The molecular formula is C24H18Cl2N4O4S2. The van der Waals surface area contributed by atoms with Gasteiger partial charge in [-0.05, 0) is 42.3 Å². The third-order valence-corrected chi connectivity index (χ3v) is 7.88. The molecule has 3 N–H and O–H groups in total. The predicted molar refractivity (Wildman–Crippen MR) is 142 cm³/mol. The Bertz CT molecular complexity index is 1470. The summed E-state index contributed by atoms with van der Waals surface area (Å²) in [5.41, 5.74) is 4.81. The van der Waals surface area contributed by atoms with E-state index < -0.39 is 5.91 Å². The minimum Gasteiger partial charge on any atom is -0.619 e. The number of rotatable bonds is 7. The van der Waals surface area contributed by atoms with Crippen LogP contribution in [0.5, 0.6) is 5.75 Å². The first-order valence-electron chi connectivity index (χ1n) is 10.4. The molecule has 0 saturated carbocycles. The van der Waals surface area contributed by atoms with Crippen molar-refractivity contribution in [2.75, 3.05) is 0 Å². The van der Waals surface area contributed by atoms with Crippen LogP contribution < -0.4 is 15.5 Å². The lowest BCUT2D eigenvalue weighted by Crippen LogP contribution is -2.26. The number of hydrazone groups is 1. The molecule has 0 atom stereocenters. The first-order valence-corrected chi connectivity index (χ1v) is 12.8. The number of halogens is 2. The maximum atomic E-state index is 12.6. The van der Waals surface area contributed by atoms with E-state index in [1.54, 1.807) is 48.7 Å². The van der Waals surface area contributed by atoms with Gasteiger partial charge in [-0.25, -0.2) is 5.43 Å². The molecule has 36 heavy (non-hydrogen) atoms. The maximum Gasteiger partial charge on any atom is 0.281 e. The number of carbonyl (C=O) groups is 2.